The molecule has 34 valence electrons. The molecule has 0 aliphatic heterocycles. The summed E-state index contributed by atoms with van der Waals surface area (Å²) in [5.41, 5.74) is 17.9. The zero-order valence-corrected chi connectivity index (χ0v) is 2.92. The Morgan fingerprint density at radius 3 is 1.83 bits per heavy atom. The number of hydrogen-bond donors (Lipinski definition) is 3. The van der Waals surface area contributed by atoms with Gasteiger partial charge >= 0.3 is 0 Å². The third-order valence-corrected chi connectivity index (χ3v) is 0. The molecule has 0 saturated carbocycles. The number of nitrogens with one attached hydrogen (secondary N) is 2. The van der Waals surface area contributed by atoms with Crippen LogP contribution >= 0.6 is 0 Å². The van der Waals surface area contributed by atoms with E-state index in [0.717, 1.165) is 0 Å². The third kappa shape index (κ3) is 4.76. The molecule has 0 aromatic carbocycles. The van der Waals surface area contributed by atoms with E-state index in [1.54, 1.807) is 4.91 Å². The lowest BCUT2D eigenvalue weighted by molar-refractivity contribution is 0.991. The molecular formula is H4N6. The van der Waals surface area contributed by atoms with Crippen LogP contribution in [0.15, 0.2) is 5.22 Å². The van der Waals surface area contributed by atoms with Crippen molar-refractivity contribution in [2.24, 2.45) is 11.1 Å². The van der Waals surface area contributed by atoms with E-state index in [9.17, 15) is 0 Å². The molecule has 0 bridgehead atoms. The van der Waals surface area contributed by atoms with Gasteiger partial charge in [0.15, 0.2) is 0 Å². The summed E-state index contributed by atoms with van der Waals surface area (Å²) in [6, 6.07) is 0. The van der Waals surface area contributed by atoms with E-state index < -0.39 is 0 Å². The van der Waals surface area contributed by atoms with Crippen LogP contribution in [0.3, 0.4) is 0 Å². The molecule has 0 fully saturated rings. The molecule has 0 amide bonds. The van der Waals surface area contributed by atoms with Crippen molar-refractivity contribution in [1.82, 2.24) is 0 Å². The third-order valence-electron chi connectivity index (χ3n) is 0. The predicted molar refractivity (Wildman–Crippen MR) is 18.8 cm³/mol. The normalized spacial score (nSPS) is 3.33. The van der Waals surface area contributed by atoms with Crippen molar-refractivity contribution in [1.29, 1.82) is 11.1 Å². The highest BCUT2D eigenvalue weighted by atomic mass is 15.2. The van der Waals surface area contributed by atoms with Gasteiger partial charge in [0.1, 0.15) is 0 Å². The maximum atomic E-state index is 6.86. The summed E-state index contributed by atoms with van der Waals surface area (Å²) in [5.74, 6) is 4.14. The van der Waals surface area contributed by atoms with Crippen molar-refractivity contribution in [3.63, 3.8) is 0 Å². The van der Waals surface area contributed by atoms with Crippen molar-refractivity contribution in [2.45, 2.75) is 0 Å². The van der Waals surface area contributed by atoms with Crippen molar-refractivity contribution in [3.05, 3.63) is 10.4 Å². The fraction of sp³-hybridized carbons (Fsp3) is 0. The molecule has 0 aliphatic rings. The summed E-state index contributed by atoms with van der Waals surface area (Å²) in [7, 11) is 0. The molecule has 0 rings (SSSR count). The highest BCUT2D eigenvalue weighted by Crippen LogP contribution is 1.24. The summed E-state index contributed by atoms with van der Waals surface area (Å²) in [6.07, 6.45) is 0. The Balaban J connectivity index is 0. The molecule has 6 heteroatoms. The summed E-state index contributed by atoms with van der Waals surface area (Å²) in [6.45, 7) is 0. The second-order valence-electron chi connectivity index (χ2n) is 0.229. The van der Waals surface area contributed by atoms with Gasteiger partial charge in [-0.3, -0.25) is 0 Å². The first-order valence-corrected chi connectivity index (χ1v) is 0.905. The van der Waals surface area contributed by atoms with Crippen LogP contribution in [0.4, 0.5) is 0 Å². The minimum atomic E-state index is 1.75. The van der Waals surface area contributed by atoms with Gasteiger partial charge in [-0.15, -0.1) is 5.53 Å². The Morgan fingerprint density at radius 1 is 1.83 bits per heavy atom. The van der Waals surface area contributed by atoms with E-state index in [-0.39, 0.29) is 0 Å². The lowest BCUT2D eigenvalue weighted by Crippen LogP contribution is -1.66. The quantitative estimate of drug-likeness (QED) is 0.131. The van der Waals surface area contributed by atoms with Gasteiger partial charge in [0.25, 0.3) is 0 Å². The first-order chi connectivity index (χ1) is 2.83. The predicted octanol–water partition coefficient (Wildman–Crippen LogP) is 0.767. The Morgan fingerprint density at radius 2 is 1.83 bits per heavy atom. The number of hydrogen-bond acceptors (Lipinski definition) is 3. The lowest BCUT2D eigenvalue weighted by Gasteiger charge is -1.40. The van der Waals surface area contributed by atoms with E-state index in [4.69, 9.17) is 16.6 Å². The van der Waals surface area contributed by atoms with Crippen LogP contribution in [-0.4, -0.2) is 0 Å². The fourth-order valence-corrected chi connectivity index (χ4v) is 0. The van der Waals surface area contributed by atoms with Gasteiger partial charge in [-0.25, -0.2) is 0 Å². The summed E-state index contributed by atoms with van der Waals surface area (Å²) in [4.78, 5) is 1.75. The number of nitrogens with two attached hydrogens (primary N) is 1. The monoisotopic (exact) mass is 88.0 g/mol. The maximum absolute atomic E-state index is 6.86. The Bertz CT molecular complexity index is 45.1. The Labute approximate surface area is 33.9 Å². The minimum absolute atomic E-state index is 1.75. The molecule has 0 radical (unpaired) electrons. The highest BCUT2D eigenvalue weighted by Gasteiger charge is 1.05. The van der Waals surface area contributed by atoms with Crippen LogP contribution in [-0.2, 0) is 0 Å². The molecular weight excluding hydrogens is 84.0 g/mol. The van der Waals surface area contributed by atoms with Crippen molar-refractivity contribution >= 4 is 0 Å². The van der Waals surface area contributed by atoms with Crippen molar-refractivity contribution in [3.8, 4) is 0 Å². The first kappa shape index (κ1) is 8.83. The smallest absolute Gasteiger partial charge is 0.00208 e. The molecule has 0 saturated heterocycles. The molecule has 6 nitrogen and oxygen atoms in total. The van der Waals surface area contributed by atoms with Gasteiger partial charge in [-0.05, 0) is 10.4 Å². The van der Waals surface area contributed by atoms with Crippen molar-refractivity contribution < 1.29 is 0 Å². The second kappa shape index (κ2) is 54.1. The minimum Gasteiger partial charge on any atom is -0.305 e. The largest absolute Gasteiger partial charge is 0.305 e. The standard InChI is InChI=1S/H3N3.HN3/c2*1-3-2/h(H3,1,2);1H. The van der Waals surface area contributed by atoms with E-state index in [0.29, 0.717) is 0 Å². The SMILES string of the molecule is N=NN.[N-]=[N+]=N. The molecule has 6 heavy (non-hydrogen) atoms. The number of nitrogens with zero attached hydrogens (tertiary/aromatic N) is 3. The van der Waals surface area contributed by atoms with Gasteiger partial charge < -0.3 is 5.84 Å². The Hall–Kier alpha value is -1.29. The maximum Gasteiger partial charge on any atom is -0.00208 e. The Kier molecular flexibility index (Phi) is 79.5. The van der Waals surface area contributed by atoms with E-state index in [1.165, 1.54) is 0 Å². The van der Waals surface area contributed by atoms with E-state index >= 15 is 0 Å². The van der Waals surface area contributed by atoms with Gasteiger partial charge in [0.05, 0.1) is 0 Å². The van der Waals surface area contributed by atoms with Gasteiger partial charge in [0, 0.05) is 0 Å². The van der Waals surface area contributed by atoms with E-state index in [1.807, 2.05) is 0 Å². The lowest BCUT2D eigenvalue weighted by atomic mass is 12.8. The summed E-state index contributed by atoms with van der Waals surface area (Å²) >= 11 is 0. The molecule has 0 aromatic rings. The van der Waals surface area contributed by atoms with Crippen LogP contribution in [0.1, 0.15) is 0 Å². The molecule has 0 heterocycles. The molecule has 0 aromatic heterocycles. The van der Waals surface area contributed by atoms with E-state index in [2.05, 4.69) is 11.1 Å². The average molecular weight is 88.1 g/mol. The molecule has 0 aliphatic carbocycles. The summed E-state index contributed by atoms with van der Waals surface area (Å²) in [5, 5.41) is 2.25. The summed E-state index contributed by atoms with van der Waals surface area (Å²) < 4.78 is 0. The van der Waals surface area contributed by atoms with Crippen LogP contribution in [0.2, 0.25) is 0 Å². The highest BCUT2D eigenvalue weighted by molar-refractivity contribution is 4.18. The number of rotatable bonds is 0. The topological polar surface area (TPSA) is 122 Å². The van der Waals surface area contributed by atoms with Crippen LogP contribution in [0, 0.1) is 11.1 Å². The molecule has 0 spiro atoms. The fourth-order valence-electron chi connectivity index (χ4n) is 0. The zero-order valence-electron chi connectivity index (χ0n) is 2.92. The van der Waals surface area contributed by atoms with Gasteiger partial charge in [-0.1, -0.05) is 5.22 Å². The molecule has 4 N–H and O–H groups in total. The first-order valence-electron chi connectivity index (χ1n) is 0.905. The average Bonchev–Trinajstić information content (AvgIpc) is 1.39. The van der Waals surface area contributed by atoms with Crippen LogP contribution in [0.25, 0.3) is 10.4 Å². The zero-order chi connectivity index (χ0) is 5.41. The van der Waals surface area contributed by atoms with Crippen LogP contribution in [0.5, 0.6) is 0 Å². The van der Waals surface area contributed by atoms with Gasteiger partial charge in [0.2, 0.25) is 0 Å². The molecule has 0 unspecified atom stereocenters. The van der Waals surface area contributed by atoms with Crippen LogP contribution < -0.4 is 5.84 Å². The second-order valence-corrected chi connectivity index (χ2v) is 0.229. The molecule has 0 atom stereocenters. The van der Waals surface area contributed by atoms with Crippen molar-refractivity contribution in [2.75, 3.05) is 0 Å². The van der Waals surface area contributed by atoms with Gasteiger partial charge in [-0.2, -0.15) is 5.53 Å².